The molecule has 7 N–H and O–H groups in total. The van der Waals surface area contributed by atoms with Gasteiger partial charge in [-0.15, -0.1) is 0 Å². The molecule has 1 fully saturated rings. The van der Waals surface area contributed by atoms with Gasteiger partial charge in [0.15, 0.2) is 34.7 Å². The molecule has 1 aliphatic rings. The van der Waals surface area contributed by atoms with E-state index >= 15 is 0 Å². The molecule has 1 aliphatic carbocycles. The Morgan fingerprint density at radius 2 is 1.57 bits per heavy atom. The van der Waals surface area contributed by atoms with E-state index < -0.39 is 60.4 Å². The number of rotatable bonds is 8. The maximum absolute atomic E-state index is 12.5. The van der Waals surface area contributed by atoms with Crippen molar-refractivity contribution < 1.29 is 59.6 Å². The van der Waals surface area contributed by atoms with Crippen molar-refractivity contribution in [2.75, 3.05) is 0 Å². The van der Waals surface area contributed by atoms with Crippen LogP contribution in [0.15, 0.2) is 42.5 Å². The van der Waals surface area contributed by atoms with E-state index in [-0.39, 0.29) is 30.1 Å². The fourth-order valence-corrected chi connectivity index (χ4v) is 3.86. The highest BCUT2D eigenvalue weighted by molar-refractivity contribution is 5.87. The smallest absolute Gasteiger partial charge is 0.335 e. The molecule has 0 spiro atoms. The van der Waals surface area contributed by atoms with Gasteiger partial charge in [-0.3, -0.25) is 4.79 Å². The fraction of sp³-hybridized carbons (Fsp3) is 0.320. The number of benzene rings is 2. The summed E-state index contributed by atoms with van der Waals surface area (Å²) in [6.45, 7) is 0. The van der Waals surface area contributed by atoms with E-state index in [1.807, 2.05) is 0 Å². The lowest BCUT2D eigenvalue weighted by molar-refractivity contribution is -0.206. The van der Waals surface area contributed by atoms with Crippen LogP contribution in [0.25, 0.3) is 6.08 Å². The first kappa shape index (κ1) is 27.3. The molecule has 0 heterocycles. The average molecular weight is 518 g/mol. The molecule has 198 valence electrons. The number of aryl methyl sites for hydroxylation is 1. The molecule has 2 aromatic rings. The lowest BCUT2D eigenvalue weighted by Gasteiger charge is -2.40. The van der Waals surface area contributed by atoms with Crippen molar-refractivity contribution in [2.45, 2.75) is 49.6 Å². The third-order valence-electron chi connectivity index (χ3n) is 5.83. The van der Waals surface area contributed by atoms with Gasteiger partial charge < -0.3 is 45.2 Å². The molecule has 12 nitrogen and oxygen atoms in total. The number of ether oxygens (including phenoxy) is 2. The van der Waals surface area contributed by atoms with Gasteiger partial charge in [0.2, 0.25) is 0 Å². The van der Waals surface area contributed by atoms with Crippen molar-refractivity contribution in [1.29, 1.82) is 0 Å². The molecule has 0 bridgehead atoms. The number of aliphatic hydroxyl groups is 2. The summed E-state index contributed by atoms with van der Waals surface area (Å²) in [6.07, 6.45) is -3.98. The summed E-state index contributed by atoms with van der Waals surface area (Å²) >= 11 is 0. The van der Waals surface area contributed by atoms with Crippen LogP contribution in [0.4, 0.5) is 0 Å². The third kappa shape index (κ3) is 6.90. The number of aliphatic carboxylic acids is 1. The van der Waals surface area contributed by atoms with E-state index in [9.17, 15) is 50.1 Å². The molecular weight excluding hydrogens is 492 g/mol. The average Bonchev–Trinajstić information content (AvgIpc) is 2.82. The molecular formula is C25H26O12. The lowest BCUT2D eigenvalue weighted by atomic mass is 9.79. The number of carboxylic acids is 1. The van der Waals surface area contributed by atoms with E-state index in [1.165, 1.54) is 42.5 Å². The van der Waals surface area contributed by atoms with Gasteiger partial charge in [0, 0.05) is 25.3 Å². The van der Waals surface area contributed by atoms with Gasteiger partial charge in [-0.05, 0) is 47.9 Å². The Morgan fingerprint density at radius 1 is 0.919 bits per heavy atom. The fourth-order valence-electron chi connectivity index (χ4n) is 3.86. The maximum Gasteiger partial charge on any atom is 0.335 e. The summed E-state index contributed by atoms with van der Waals surface area (Å²) in [6, 6.07) is 7.75. The first-order valence-corrected chi connectivity index (χ1v) is 11.1. The van der Waals surface area contributed by atoms with Crippen molar-refractivity contribution in [2.24, 2.45) is 0 Å². The van der Waals surface area contributed by atoms with Crippen LogP contribution in [0.1, 0.15) is 30.4 Å². The Hall–Kier alpha value is -4.29. The second-order valence-corrected chi connectivity index (χ2v) is 8.65. The number of aromatic hydroxyl groups is 4. The number of esters is 2. The quantitative estimate of drug-likeness (QED) is 0.148. The normalized spacial score (nSPS) is 23.5. The largest absolute Gasteiger partial charge is 0.504 e. The zero-order valence-electron chi connectivity index (χ0n) is 19.4. The van der Waals surface area contributed by atoms with Crippen molar-refractivity contribution in [3.63, 3.8) is 0 Å². The molecule has 1 saturated carbocycles. The monoisotopic (exact) mass is 518 g/mol. The third-order valence-corrected chi connectivity index (χ3v) is 5.83. The Morgan fingerprint density at radius 3 is 2.19 bits per heavy atom. The predicted molar refractivity (Wildman–Crippen MR) is 124 cm³/mol. The first-order chi connectivity index (χ1) is 17.4. The molecule has 0 amide bonds. The Labute approximate surface area is 210 Å². The van der Waals surface area contributed by atoms with Gasteiger partial charge in [0.05, 0.1) is 6.10 Å². The van der Waals surface area contributed by atoms with Crippen LogP contribution in [0, 0.1) is 0 Å². The first-order valence-electron chi connectivity index (χ1n) is 11.1. The van der Waals surface area contributed by atoms with Gasteiger partial charge in [-0.2, -0.15) is 0 Å². The summed E-state index contributed by atoms with van der Waals surface area (Å²) in [7, 11) is 0. The number of phenols is 4. The van der Waals surface area contributed by atoms with E-state index in [0.29, 0.717) is 11.1 Å². The number of phenolic OH excluding ortho intramolecular Hbond substituents is 4. The standard InChI is InChI=1S/C25H26O12/c26-15-5-1-13(9-17(15)28)3-7-21(31)36-20-12-25(35,24(33)34)11-19(30)23(20)37-22(32)8-4-14-2-6-16(27)18(29)10-14/h1-2,4-6,8-10,19-20,23,26-30,35H,3,7,11-12H2,(H,33,34)/b8-4+/t19-,20-,23-,25+/m1/s1. The second-order valence-electron chi connectivity index (χ2n) is 8.65. The molecule has 4 atom stereocenters. The summed E-state index contributed by atoms with van der Waals surface area (Å²) in [5, 5.41) is 68.1. The SMILES string of the molecule is O=C(/C=C/c1ccc(O)c(O)c1)O[C@@H]1[C@H](O)C[C@@](O)(C(=O)O)C[C@H]1OC(=O)CCc1ccc(O)c(O)c1. The Bertz CT molecular complexity index is 1210. The number of hydrogen-bond donors (Lipinski definition) is 7. The summed E-state index contributed by atoms with van der Waals surface area (Å²) in [4.78, 5) is 36.4. The van der Waals surface area contributed by atoms with Crippen LogP contribution in [-0.4, -0.2) is 77.6 Å². The maximum atomic E-state index is 12.5. The Balaban J connectivity index is 1.70. The number of carbonyl (C=O) groups excluding carboxylic acids is 2. The molecule has 0 aliphatic heterocycles. The Kier molecular flexibility index (Phi) is 8.25. The summed E-state index contributed by atoms with van der Waals surface area (Å²) < 4.78 is 10.5. The van der Waals surface area contributed by atoms with E-state index in [2.05, 4.69) is 0 Å². The molecule has 12 heteroatoms. The minimum Gasteiger partial charge on any atom is -0.504 e. The van der Waals surface area contributed by atoms with Crippen LogP contribution in [0.3, 0.4) is 0 Å². The summed E-state index contributed by atoms with van der Waals surface area (Å²) in [5.41, 5.74) is -1.61. The summed E-state index contributed by atoms with van der Waals surface area (Å²) in [5.74, 6) is -4.98. The predicted octanol–water partition coefficient (Wildman–Crippen LogP) is 0.949. The molecule has 37 heavy (non-hydrogen) atoms. The van der Waals surface area contributed by atoms with Crippen molar-refractivity contribution >= 4 is 24.0 Å². The van der Waals surface area contributed by atoms with Crippen molar-refractivity contribution in [1.82, 2.24) is 0 Å². The molecule has 3 rings (SSSR count). The number of carbonyl (C=O) groups is 3. The zero-order chi connectivity index (χ0) is 27.3. The highest BCUT2D eigenvalue weighted by Crippen LogP contribution is 2.34. The molecule has 0 unspecified atom stereocenters. The molecule has 2 aromatic carbocycles. The van der Waals surface area contributed by atoms with Gasteiger partial charge in [-0.25, -0.2) is 9.59 Å². The minimum atomic E-state index is -2.44. The van der Waals surface area contributed by atoms with Gasteiger partial charge in [-0.1, -0.05) is 12.1 Å². The minimum absolute atomic E-state index is 0.0812. The lowest BCUT2D eigenvalue weighted by Crippen LogP contribution is -2.58. The van der Waals surface area contributed by atoms with Crippen LogP contribution < -0.4 is 0 Å². The van der Waals surface area contributed by atoms with Crippen LogP contribution in [0.2, 0.25) is 0 Å². The van der Waals surface area contributed by atoms with Crippen molar-refractivity contribution in [3.8, 4) is 23.0 Å². The van der Waals surface area contributed by atoms with Crippen molar-refractivity contribution in [3.05, 3.63) is 53.6 Å². The second kappa shape index (κ2) is 11.2. The number of carboxylic acid groups (broad SMARTS) is 1. The topological polar surface area (TPSA) is 211 Å². The number of hydrogen-bond acceptors (Lipinski definition) is 11. The van der Waals surface area contributed by atoms with Gasteiger partial charge in [0.1, 0.15) is 6.10 Å². The zero-order valence-corrected chi connectivity index (χ0v) is 19.4. The molecule has 0 saturated heterocycles. The number of aliphatic hydroxyl groups excluding tert-OH is 1. The highest BCUT2D eigenvalue weighted by Gasteiger charge is 2.52. The van der Waals surface area contributed by atoms with Gasteiger partial charge >= 0.3 is 17.9 Å². The van der Waals surface area contributed by atoms with E-state index in [4.69, 9.17) is 9.47 Å². The van der Waals surface area contributed by atoms with E-state index in [1.54, 1.807) is 0 Å². The van der Waals surface area contributed by atoms with Gasteiger partial charge in [0.25, 0.3) is 0 Å². The molecule has 0 aromatic heterocycles. The highest BCUT2D eigenvalue weighted by atomic mass is 16.6. The molecule has 0 radical (unpaired) electrons. The van der Waals surface area contributed by atoms with Crippen LogP contribution in [-0.2, 0) is 30.3 Å². The van der Waals surface area contributed by atoms with E-state index in [0.717, 1.165) is 6.08 Å². The van der Waals surface area contributed by atoms with Crippen LogP contribution in [0.5, 0.6) is 23.0 Å². The van der Waals surface area contributed by atoms with Crippen LogP contribution >= 0.6 is 0 Å².